The van der Waals surface area contributed by atoms with Crippen molar-refractivity contribution in [3.63, 3.8) is 0 Å². The number of para-hydroxylation sites is 1. The maximum absolute atomic E-state index is 13.4. The van der Waals surface area contributed by atoms with E-state index < -0.39 is 0 Å². The Morgan fingerprint density at radius 1 is 1.09 bits per heavy atom. The van der Waals surface area contributed by atoms with E-state index in [9.17, 15) is 4.79 Å². The Kier molecular flexibility index (Phi) is 5.85. The highest BCUT2D eigenvalue weighted by Crippen LogP contribution is 2.31. The number of carbonyl (C=O) groups is 1. The second-order valence-corrected chi connectivity index (χ2v) is 8.54. The van der Waals surface area contributed by atoms with Gasteiger partial charge in [-0.05, 0) is 38.1 Å². The molecule has 174 valence electrons. The average Bonchev–Trinajstić information content (AvgIpc) is 3.30. The Bertz CT molecular complexity index is 1310. The van der Waals surface area contributed by atoms with Crippen LogP contribution in [0.25, 0.3) is 16.6 Å². The SMILES string of the molecule is COc1ncc2c(N3C[C@@H](C)N[C@H](C)C3)ccc(C(=O)Nc3ccnn3-c3ccccc3)c2n1. The van der Waals surface area contributed by atoms with Crippen molar-refractivity contribution in [2.45, 2.75) is 25.9 Å². The molecule has 0 bridgehead atoms. The third-order valence-electron chi connectivity index (χ3n) is 5.92. The molecule has 2 N–H and O–H groups in total. The fraction of sp³-hybridized carbons (Fsp3) is 0.280. The number of anilines is 2. The molecule has 3 heterocycles. The van der Waals surface area contributed by atoms with E-state index in [0.717, 1.165) is 29.9 Å². The molecule has 4 aromatic rings. The highest BCUT2D eigenvalue weighted by atomic mass is 16.5. The zero-order valence-corrected chi connectivity index (χ0v) is 19.4. The number of aromatic nitrogens is 4. The van der Waals surface area contributed by atoms with E-state index in [1.807, 2.05) is 42.5 Å². The number of methoxy groups -OCH3 is 1. The van der Waals surface area contributed by atoms with Gasteiger partial charge in [0, 0.05) is 48.5 Å². The predicted octanol–water partition coefficient (Wildman–Crippen LogP) is 3.26. The number of hydrogen-bond donors (Lipinski definition) is 2. The standard InChI is InChI=1S/C25H27N7O2/c1-16-14-31(15-17(2)28-16)21-10-9-19(23-20(21)13-26-25(30-23)34-3)24(33)29-22-11-12-27-32(22)18-7-5-4-6-8-18/h4-13,16-17,28H,14-15H2,1-3H3,(H,29,33)/t16-,17-/m1/s1. The van der Waals surface area contributed by atoms with Crippen LogP contribution in [0.3, 0.4) is 0 Å². The molecule has 0 saturated carbocycles. The summed E-state index contributed by atoms with van der Waals surface area (Å²) < 4.78 is 6.96. The van der Waals surface area contributed by atoms with Crippen molar-refractivity contribution in [3.8, 4) is 11.7 Å². The number of ether oxygens (including phenoxy) is 1. The van der Waals surface area contributed by atoms with Gasteiger partial charge in [-0.25, -0.2) is 9.67 Å². The molecular formula is C25H27N7O2. The van der Waals surface area contributed by atoms with E-state index >= 15 is 0 Å². The lowest BCUT2D eigenvalue weighted by atomic mass is 10.0. The summed E-state index contributed by atoms with van der Waals surface area (Å²) in [5.74, 6) is 0.288. The van der Waals surface area contributed by atoms with Gasteiger partial charge in [-0.3, -0.25) is 4.79 Å². The first-order valence-corrected chi connectivity index (χ1v) is 11.3. The van der Waals surface area contributed by atoms with Gasteiger partial charge in [0.1, 0.15) is 5.82 Å². The summed E-state index contributed by atoms with van der Waals surface area (Å²) in [4.78, 5) is 24.6. The number of rotatable bonds is 5. The number of amides is 1. The number of carbonyl (C=O) groups excluding carboxylic acids is 1. The Labute approximate surface area is 197 Å². The Morgan fingerprint density at radius 3 is 2.59 bits per heavy atom. The lowest BCUT2D eigenvalue weighted by molar-refractivity contribution is 0.102. The summed E-state index contributed by atoms with van der Waals surface area (Å²) in [6.07, 6.45) is 3.39. The fourth-order valence-electron chi connectivity index (χ4n) is 4.53. The van der Waals surface area contributed by atoms with Crippen molar-refractivity contribution >= 4 is 28.3 Å². The minimum Gasteiger partial charge on any atom is -0.467 e. The van der Waals surface area contributed by atoms with E-state index in [4.69, 9.17) is 4.74 Å². The number of benzene rings is 2. The number of piperazine rings is 1. The molecule has 2 atom stereocenters. The van der Waals surface area contributed by atoms with Crippen LogP contribution in [0.5, 0.6) is 6.01 Å². The molecule has 2 aromatic carbocycles. The lowest BCUT2D eigenvalue weighted by Gasteiger charge is -2.38. The molecule has 9 nitrogen and oxygen atoms in total. The van der Waals surface area contributed by atoms with E-state index in [1.165, 1.54) is 7.11 Å². The predicted molar refractivity (Wildman–Crippen MR) is 132 cm³/mol. The van der Waals surface area contributed by atoms with Crippen molar-refractivity contribution in [1.29, 1.82) is 0 Å². The van der Waals surface area contributed by atoms with Gasteiger partial charge in [0.05, 0.1) is 30.1 Å². The van der Waals surface area contributed by atoms with Gasteiger partial charge in [-0.15, -0.1) is 0 Å². The van der Waals surface area contributed by atoms with Crippen LogP contribution in [-0.4, -0.2) is 57.9 Å². The molecule has 34 heavy (non-hydrogen) atoms. The Morgan fingerprint density at radius 2 is 1.85 bits per heavy atom. The van der Waals surface area contributed by atoms with Gasteiger partial charge < -0.3 is 20.3 Å². The maximum atomic E-state index is 13.4. The summed E-state index contributed by atoms with van der Waals surface area (Å²) in [5, 5.41) is 11.7. The van der Waals surface area contributed by atoms with Crippen molar-refractivity contribution in [1.82, 2.24) is 25.1 Å². The van der Waals surface area contributed by atoms with Gasteiger partial charge in [0.2, 0.25) is 0 Å². The van der Waals surface area contributed by atoms with Crippen LogP contribution in [0.4, 0.5) is 11.5 Å². The number of nitrogens with one attached hydrogen (secondary N) is 2. The van der Waals surface area contributed by atoms with E-state index in [2.05, 4.69) is 44.4 Å². The van der Waals surface area contributed by atoms with Crippen molar-refractivity contribution in [3.05, 3.63) is 66.5 Å². The molecule has 5 rings (SSSR count). The molecular weight excluding hydrogens is 430 g/mol. The van der Waals surface area contributed by atoms with Crippen LogP contribution >= 0.6 is 0 Å². The average molecular weight is 458 g/mol. The maximum Gasteiger partial charge on any atom is 0.316 e. The zero-order valence-electron chi connectivity index (χ0n) is 19.4. The second-order valence-electron chi connectivity index (χ2n) is 8.54. The molecule has 1 fully saturated rings. The van der Waals surface area contributed by atoms with Crippen LogP contribution in [0.2, 0.25) is 0 Å². The van der Waals surface area contributed by atoms with Crippen molar-refractivity contribution < 1.29 is 9.53 Å². The van der Waals surface area contributed by atoms with Crippen molar-refractivity contribution in [2.24, 2.45) is 0 Å². The minimum absolute atomic E-state index is 0.218. The monoisotopic (exact) mass is 457 g/mol. The van der Waals surface area contributed by atoms with E-state index in [-0.39, 0.29) is 11.9 Å². The number of fused-ring (bicyclic) bond motifs is 1. The molecule has 0 spiro atoms. The first-order chi connectivity index (χ1) is 16.5. The number of nitrogens with zero attached hydrogens (tertiary/aromatic N) is 5. The normalized spacial score (nSPS) is 18.1. The van der Waals surface area contributed by atoms with Gasteiger partial charge >= 0.3 is 6.01 Å². The molecule has 1 aliphatic heterocycles. The first-order valence-electron chi connectivity index (χ1n) is 11.3. The number of hydrogen-bond acceptors (Lipinski definition) is 7. The largest absolute Gasteiger partial charge is 0.467 e. The van der Waals surface area contributed by atoms with Crippen LogP contribution in [-0.2, 0) is 0 Å². The minimum atomic E-state index is -0.281. The second kappa shape index (κ2) is 9.11. The first kappa shape index (κ1) is 21.8. The van der Waals surface area contributed by atoms with Gasteiger partial charge in [-0.2, -0.15) is 10.1 Å². The van der Waals surface area contributed by atoms with Crippen LogP contribution in [0, 0.1) is 0 Å². The topological polar surface area (TPSA) is 97.2 Å². The van der Waals surface area contributed by atoms with E-state index in [0.29, 0.717) is 29.0 Å². The molecule has 0 aliphatic carbocycles. The summed E-state index contributed by atoms with van der Waals surface area (Å²) in [7, 11) is 1.52. The molecule has 2 aromatic heterocycles. The summed E-state index contributed by atoms with van der Waals surface area (Å²) in [6, 6.07) is 16.1. The molecule has 1 saturated heterocycles. The summed E-state index contributed by atoms with van der Waals surface area (Å²) >= 11 is 0. The van der Waals surface area contributed by atoms with E-state index in [1.54, 1.807) is 23.1 Å². The zero-order chi connectivity index (χ0) is 23.7. The van der Waals surface area contributed by atoms with Crippen LogP contribution < -0.4 is 20.3 Å². The third kappa shape index (κ3) is 4.17. The summed E-state index contributed by atoms with van der Waals surface area (Å²) in [6.45, 7) is 6.05. The van der Waals surface area contributed by atoms with Gasteiger partial charge in [0.15, 0.2) is 0 Å². The Hall–Kier alpha value is -3.98. The quantitative estimate of drug-likeness (QED) is 0.475. The molecule has 1 aliphatic rings. The molecule has 9 heteroatoms. The van der Waals surface area contributed by atoms with Gasteiger partial charge in [0.25, 0.3) is 5.91 Å². The van der Waals surface area contributed by atoms with Crippen LogP contribution in [0.1, 0.15) is 24.2 Å². The van der Waals surface area contributed by atoms with Gasteiger partial charge in [-0.1, -0.05) is 18.2 Å². The summed E-state index contributed by atoms with van der Waals surface area (Å²) in [5.41, 5.74) is 2.85. The fourth-order valence-corrected chi connectivity index (χ4v) is 4.53. The lowest BCUT2D eigenvalue weighted by Crippen LogP contribution is -2.54. The molecule has 0 radical (unpaired) electrons. The smallest absolute Gasteiger partial charge is 0.316 e. The third-order valence-corrected chi connectivity index (χ3v) is 5.92. The van der Waals surface area contributed by atoms with Crippen LogP contribution in [0.15, 0.2) is 60.9 Å². The Balaban J connectivity index is 1.53. The highest BCUT2D eigenvalue weighted by molar-refractivity contribution is 6.13. The highest BCUT2D eigenvalue weighted by Gasteiger charge is 2.25. The molecule has 1 amide bonds. The molecule has 0 unspecified atom stereocenters. The van der Waals surface area contributed by atoms with Crippen molar-refractivity contribution in [2.75, 3.05) is 30.4 Å².